The molecule has 0 radical (unpaired) electrons. The Kier molecular flexibility index (Phi) is 2.85. The number of piperidine rings is 1. The Hall–Kier alpha value is -0.0800. The van der Waals surface area contributed by atoms with Crippen LogP contribution in [0.2, 0.25) is 0 Å². The van der Waals surface area contributed by atoms with Gasteiger partial charge < -0.3 is 4.90 Å². The number of hydrogen-bond donors (Lipinski definition) is 0. The molecule has 2 saturated heterocycles. The SMILES string of the molecule is CCC(C)N1CC2(CCCN(C)C2)C1. The Morgan fingerprint density at radius 3 is 2.57 bits per heavy atom. The fourth-order valence-electron chi connectivity index (χ4n) is 3.10. The Bertz CT molecular complexity index is 196. The van der Waals surface area contributed by atoms with Gasteiger partial charge in [0.2, 0.25) is 0 Å². The molecule has 1 spiro atoms. The van der Waals surface area contributed by atoms with Crippen LogP contribution in [0.15, 0.2) is 0 Å². The van der Waals surface area contributed by atoms with Gasteiger partial charge in [-0.2, -0.15) is 0 Å². The van der Waals surface area contributed by atoms with Crippen LogP contribution in [-0.2, 0) is 0 Å². The molecule has 1 unspecified atom stereocenters. The van der Waals surface area contributed by atoms with Gasteiger partial charge in [-0.15, -0.1) is 0 Å². The lowest BCUT2D eigenvalue weighted by Gasteiger charge is -2.56. The average molecular weight is 196 g/mol. The third kappa shape index (κ3) is 1.82. The first-order valence-electron chi connectivity index (χ1n) is 6.08. The molecule has 0 amide bonds. The van der Waals surface area contributed by atoms with Crippen molar-refractivity contribution in [3.63, 3.8) is 0 Å². The molecule has 1 atom stereocenters. The van der Waals surface area contributed by atoms with E-state index in [0.29, 0.717) is 5.41 Å². The van der Waals surface area contributed by atoms with Crippen molar-refractivity contribution in [2.24, 2.45) is 5.41 Å². The first-order chi connectivity index (χ1) is 6.65. The first-order valence-corrected chi connectivity index (χ1v) is 6.08. The highest BCUT2D eigenvalue weighted by Crippen LogP contribution is 2.39. The van der Waals surface area contributed by atoms with Crippen LogP contribution in [-0.4, -0.2) is 49.1 Å². The Morgan fingerprint density at radius 1 is 1.29 bits per heavy atom. The smallest absolute Gasteiger partial charge is 0.00853 e. The summed E-state index contributed by atoms with van der Waals surface area (Å²) in [5, 5.41) is 0. The van der Waals surface area contributed by atoms with Gasteiger partial charge in [0.15, 0.2) is 0 Å². The summed E-state index contributed by atoms with van der Waals surface area (Å²) in [5.74, 6) is 0. The molecule has 0 bridgehead atoms. The van der Waals surface area contributed by atoms with Crippen LogP contribution in [0.3, 0.4) is 0 Å². The number of nitrogens with zero attached hydrogens (tertiary/aromatic N) is 2. The van der Waals surface area contributed by atoms with Gasteiger partial charge in [0.25, 0.3) is 0 Å². The Balaban J connectivity index is 1.85. The summed E-state index contributed by atoms with van der Waals surface area (Å²) in [4.78, 5) is 5.16. The van der Waals surface area contributed by atoms with Crippen molar-refractivity contribution < 1.29 is 0 Å². The molecule has 2 heteroatoms. The van der Waals surface area contributed by atoms with E-state index in [-0.39, 0.29) is 0 Å². The van der Waals surface area contributed by atoms with Crippen LogP contribution in [0.4, 0.5) is 0 Å². The molecule has 2 heterocycles. The molecule has 2 nitrogen and oxygen atoms in total. The second kappa shape index (κ2) is 3.82. The molecule has 2 aliphatic heterocycles. The molecule has 0 aromatic rings. The molecule has 82 valence electrons. The quantitative estimate of drug-likeness (QED) is 0.664. The Morgan fingerprint density at radius 2 is 2.00 bits per heavy atom. The zero-order valence-corrected chi connectivity index (χ0v) is 9.92. The van der Waals surface area contributed by atoms with Crippen molar-refractivity contribution in [2.75, 3.05) is 33.2 Å². The first kappa shape index (κ1) is 10.4. The van der Waals surface area contributed by atoms with E-state index in [1.165, 1.54) is 45.4 Å². The van der Waals surface area contributed by atoms with E-state index in [1.807, 2.05) is 0 Å². The fourth-order valence-corrected chi connectivity index (χ4v) is 3.10. The van der Waals surface area contributed by atoms with Gasteiger partial charge in [-0.05, 0) is 39.8 Å². The van der Waals surface area contributed by atoms with E-state index in [1.54, 1.807) is 0 Å². The van der Waals surface area contributed by atoms with Crippen LogP contribution >= 0.6 is 0 Å². The minimum atomic E-state index is 0.677. The summed E-state index contributed by atoms with van der Waals surface area (Å²) in [7, 11) is 2.27. The maximum Gasteiger partial charge on any atom is 0.00853 e. The third-order valence-corrected chi connectivity index (χ3v) is 4.14. The highest BCUT2D eigenvalue weighted by molar-refractivity contribution is 4.99. The van der Waals surface area contributed by atoms with Crippen molar-refractivity contribution >= 4 is 0 Å². The fraction of sp³-hybridized carbons (Fsp3) is 1.00. The molecule has 14 heavy (non-hydrogen) atoms. The van der Waals surface area contributed by atoms with Gasteiger partial charge in [-0.1, -0.05) is 6.92 Å². The van der Waals surface area contributed by atoms with E-state index >= 15 is 0 Å². The van der Waals surface area contributed by atoms with E-state index in [4.69, 9.17) is 0 Å². The highest BCUT2D eigenvalue weighted by Gasteiger charge is 2.45. The molecule has 0 aromatic carbocycles. The number of likely N-dealkylation sites (tertiary alicyclic amines) is 2. The number of rotatable bonds is 2. The predicted octanol–water partition coefficient (Wildman–Crippen LogP) is 1.81. The van der Waals surface area contributed by atoms with Gasteiger partial charge in [0, 0.05) is 31.1 Å². The molecule has 0 N–H and O–H groups in total. The summed E-state index contributed by atoms with van der Waals surface area (Å²) < 4.78 is 0. The van der Waals surface area contributed by atoms with E-state index < -0.39 is 0 Å². The van der Waals surface area contributed by atoms with Gasteiger partial charge in [0.1, 0.15) is 0 Å². The van der Waals surface area contributed by atoms with Crippen LogP contribution < -0.4 is 0 Å². The van der Waals surface area contributed by atoms with E-state index in [2.05, 4.69) is 30.7 Å². The molecule has 2 rings (SSSR count). The second-order valence-corrected chi connectivity index (χ2v) is 5.50. The highest BCUT2D eigenvalue weighted by atomic mass is 15.3. The van der Waals surface area contributed by atoms with Crippen LogP contribution in [0.25, 0.3) is 0 Å². The van der Waals surface area contributed by atoms with Gasteiger partial charge in [0.05, 0.1) is 0 Å². The van der Waals surface area contributed by atoms with Crippen LogP contribution in [0, 0.1) is 5.41 Å². The Labute approximate surface area is 88.3 Å². The molecular formula is C12H24N2. The topological polar surface area (TPSA) is 6.48 Å². The van der Waals surface area contributed by atoms with Crippen LogP contribution in [0.1, 0.15) is 33.1 Å². The van der Waals surface area contributed by atoms with Gasteiger partial charge in [-0.25, -0.2) is 0 Å². The lowest BCUT2D eigenvalue weighted by Crippen LogP contribution is -2.64. The standard InChI is InChI=1S/C12H24N2/c1-4-11(2)14-9-12(10-14)6-5-7-13(3)8-12/h11H,4-10H2,1-3H3. The normalized spacial score (nSPS) is 30.2. The zero-order chi connectivity index (χ0) is 10.2. The molecule has 0 aliphatic carbocycles. The third-order valence-electron chi connectivity index (χ3n) is 4.14. The van der Waals surface area contributed by atoms with Crippen LogP contribution in [0.5, 0.6) is 0 Å². The van der Waals surface area contributed by atoms with E-state index in [9.17, 15) is 0 Å². The minimum Gasteiger partial charge on any atom is -0.306 e. The van der Waals surface area contributed by atoms with E-state index in [0.717, 1.165) is 6.04 Å². The molecule has 2 fully saturated rings. The largest absolute Gasteiger partial charge is 0.306 e. The maximum absolute atomic E-state index is 2.65. The lowest BCUT2D eigenvalue weighted by molar-refractivity contribution is -0.0678. The maximum atomic E-state index is 2.65. The molecule has 0 aromatic heterocycles. The van der Waals surface area contributed by atoms with Crippen molar-refractivity contribution in [3.8, 4) is 0 Å². The number of hydrogen-bond acceptors (Lipinski definition) is 2. The van der Waals surface area contributed by atoms with Gasteiger partial charge >= 0.3 is 0 Å². The van der Waals surface area contributed by atoms with Gasteiger partial charge in [-0.3, -0.25) is 4.90 Å². The molecule has 0 saturated carbocycles. The zero-order valence-electron chi connectivity index (χ0n) is 9.92. The molecule has 2 aliphatic rings. The summed E-state index contributed by atoms with van der Waals surface area (Å²) >= 11 is 0. The van der Waals surface area contributed by atoms with Crippen molar-refractivity contribution in [3.05, 3.63) is 0 Å². The minimum absolute atomic E-state index is 0.677. The average Bonchev–Trinajstić information content (AvgIpc) is 2.13. The summed E-state index contributed by atoms with van der Waals surface area (Å²) in [6.45, 7) is 10.0. The lowest BCUT2D eigenvalue weighted by atomic mass is 9.72. The summed E-state index contributed by atoms with van der Waals surface area (Å²) in [6, 6.07) is 0.799. The monoisotopic (exact) mass is 196 g/mol. The molecular weight excluding hydrogens is 172 g/mol. The predicted molar refractivity (Wildman–Crippen MR) is 60.5 cm³/mol. The summed E-state index contributed by atoms with van der Waals surface area (Å²) in [6.07, 6.45) is 4.17. The second-order valence-electron chi connectivity index (χ2n) is 5.50. The van der Waals surface area contributed by atoms with Crippen molar-refractivity contribution in [1.29, 1.82) is 0 Å². The van der Waals surface area contributed by atoms with Crippen molar-refractivity contribution in [1.82, 2.24) is 9.80 Å². The summed E-state index contributed by atoms with van der Waals surface area (Å²) in [5.41, 5.74) is 0.677. The van der Waals surface area contributed by atoms with Crippen molar-refractivity contribution in [2.45, 2.75) is 39.2 Å².